The van der Waals surface area contributed by atoms with Crippen LogP contribution in [0.2, 0.25) is 5.02 Å². The van der Waals surface area contributed by atoms with Gasteiger partial charge in [0.05, 0.1) is 9.90 Å². The van der Waals surface area contributed by atoms with Crippen molar-refractivity contribution in [2.75, 3.05) is 19.8 Å². The third kappa shape index (κ3) is 5.37. The highest BCUT2D eigenvalue weighted by molar-refractivity contribution is 7.12. The normalized spacial score (nSPS) is 12.3. The molecular weight excluding hydrogens is 436 g/mol. The monoisotopic (exact) mass is 456 g/mol. The summed E-state index contributed by atoms with van der Waals surface area (Å²) in [5.41, 5.74) is 2.45. The fourth-order valence-corrected chi connectivity index (χ4v) is 4.11. The minimum atomic E-state index is -0.155. The quantitative estimate of drug-likeness (QED) is 0.561. The Morgan fingerprint density at radius 3 is 2.55 bits per heavy atom. The molecule has 0 aliphatic carbocycles. The summed E-state index contributed by atoms with van der Waals surface area (Å²) in [7, 11) is 0. The zero-order chi connectivity index (χ0) is 21.6. The Bertz CT molecular complexity index is 1070. The zero-order valence-corrected chi connectivity index (χ0v) is 18.2. The number of amides is 2. The number of fused-ring (bicyclic) bond motifs is 1. The van der Waals surface area contributed by atoms with Crippen LogP contribution in [0.3, 0.4) is 0 Å². The number of hydrogen-bond donors (Lipinski definition) is 2. The van der Waals surface area contributed by atoms with Gasteiger partial charge in [-0.15, -0.1) is 11.3 Å². The molecule has 3 aromatic rings. The average Bonchev–Trinajstić information content (AvgIpc) is 3.33. The minimum absolute atomic E-state index is 0.101. The molecule has 31 heavy (non-hydrogen) atoms. The van der Waals surface area contributed by atoms with Gasteiger partial charge in [0.2, 0.25) is 0 Å². The molecule has 0 saturated carbocycles. The highest BCUT2D eigenvalue weighted by Crippen LogP contribution is 2.38. The van der Waals surface area contributed by atoms with Gasteiger partial charge in [0.15, 0.2) is 11.5 Å². The van der Waals surface area contributed by atoms with E-state index in [1.807, 2.05) is 35.7 Å². The summed E-state index contributed by atoms with van der Waals surface area (Å²) in [6.07, 6.45) is 0.620. The van der Waals surface area contributed by atoms with Gasteiger partial charge in [-0.2, -0.15) is 0 Å². The number of halogens is 1. The second-order valence-electron chi connectivity index (χ2n) is 6.96. The Hall–Kier alpha value is -3.03. The van der Waals surface area contributed by atoms with Crippen LogP contribution in [0.15, 0.2) is 53.9 Å². The molecule has 2 heterocycles. The lowest BCUT2D eigenvalue weighted by Crippen LogP contribution is -2.26. The van der Waals surface area contributed by atoms with Gasteiger partial charge in [-0.3, -0.25) is 9.59 Å². The van der Waals surface area contributed by atoms with E-state index in [-0.39, 0.29) is 11.8 Å². The second-order valence-corrected chi connectivity index (χ2v) is 8.32. The summed E-state index contributed by atoms with van der Waals surface area (Å²) in [4.78, 5) is 25.1. The van der Waals surface area contributed by atoms with Crippen LogP contribution in [0, 0.1) is 0 Å². The van der Waals surface area contributed by atoms with Crippen LogP contribution in [0.25, 0.3) is 0 Å². The van der Waals surface area contributed by atoms with Crippen molar-refractivity contribution in [2.45, 2.75) is 13.0 Å². The first-order chi connectivity index (χ1) is 15.1. The molecule has 2 N–H and O–H groups in total. The molecule has 0 bridgehead atoms. The summed E-state index contributed by atoms with van der Waals surface area (Å²) in [6, 6.07) is 14.5. The first kappa shape index (κ1) is 21.2. The summed E-state index contributed by atoms with van der Waals surface area (Å²) in [6.45, 7) is 1.86. The number of ether oxygens (including phenoxy) is 2. The van der Waals surface area contributed by atoms with Crippen LogP contribution in [-0.2, 0) is 13.0 Å². The van der Waals surface area contributed by atoms with Crippen molar-refractivity contribution in [1.29, 1.82) is 0 Å². The highest BCUT2D eigenvalue weighted by atomic mass is 35.5. The van der Waals surface area contributed by atoms with Crippen LogP contribution >= 0.6 is 22.9 Å². The number of rotatable bonds is 7. The van der Waals surface area contributed by atoms with Crippen molar-refractivity contribution in [3.05, 3.63) is 80.5 Å². The Labute approximate surface area is 189 Å². The third-order valence-electron chi connectivity index (χ3n) is 4.77. The smallest absolute Gasteiger partial charge is 0.261 e. The standard InChI is InChI=1S/C23H21ClN2O4S/c24-18-12-16(13-19-21(18)30-10-9-29-19)7-8-25-22(27)17-5-3-15(4-6-17)14-26-23(28)20-2-1-11-31-20/h1-6,11-13H,7-10,14H2,(H,25,27)(H,26,28). The molecule has 2 amide bonds. The van der Waals surface area contributed by atoms with E-state index >= 15 is 0 Å². The van der Waals surface area contributed by atoms with Gasteiger partial charge in [-0.1, -0.05) is 29.8 Å². The molecule has 0 saturated heterocycles. The zero-order valence-electron chi connectivity index (χ0n) is 16.7. The van der Waals surface area contributed by atoms with E-state index in [0.29, 0.717) is 59.7 Å². The predicted octanol–water partition coefficient (Wildman–Crippen LogP) is 4.08. The van der Waals surface area contributed by atoms with Crippen molar-refractivity contribution >= 4 is 34.8 Å². The lowest BCUT2D eigenvalue weighted by Gasteiger charge is -2.20. The summed E-state index contributed by atoms with van der Waals surface area (Å²) in [5.74, 6) is 0.961. The van der Waals surface area contributed by atoms with E-state index < -0.39 is 0 Å². The van der Waals surface area contributed by atoms with Crippen molar-refractivity contribution in [3.8, 4) is 11.5 Å². The number of carbonyl (C=O) groups is 2. The third-order valence-corrected chi connectivity index (χ3v) is 5.92. The summed E-state index contributed by atoms with van der Waals surface area (Å²) >= 11 is 7.66. The molecule has 0 spiro atoms. The molecule has 0 unspecified atom stereocenters. The average molecular weight is 457 g/mol. The fourth-order valence-electron chi connectivity index (χ4n) is 3.18. The maximum atomic E-state index is 12.4. The maximum Gasteiger partial charge on any atom is 0.261 e. The molecule has 1 aromatic heterocycles. The highest BCUT2D eigenvalue weighted by Gasteiger charge is 2.16. The number of benzene rings is 2. The van der Waals surface area contributed by atoms with E-state index in [1.165, 1.54) is 11.3 Å². The molecule has 6 nitrogen and oxygen atoms in total. The Kier molecular flexibility index (Phi) is 6.74. The lowest BCUT2D eigenvalue weighted by molar-refractivity contribution is 0.0945. The van der Waals surface area contributed by atoms with Crippen molar-refractivity contribution < 1.29 is 19.1 Å². The molecule has 2 aromatic carbocycles. The first-order valence-electron chi connectivity index (χ1n) is 9.87. The number of hydrogen-bond acceptors (Lipinski definition) is 5. The lowest BCUT2D eigenvalue weighted by atomic mass is 10.1. The van der Waals surface area contributed by atoms with Gasteiger partial charge >= 0.3 is 0 Å². The minimum Gasteiger partial charge on any atom is -0.486 e. The van der Waals surface area contributed by atoms with Crippen LogP contribution in [0.5, 0.6) is 11.5 Å². The van der Waals surface area contributed by atoms with Gasteiger partial charge in [-0.25, -0.2) is 0 Å². The predicted molar refractivity (Wildman–Crippen MR) is 120 cm³/mol. The van der Waals surface area contributed by atoms with Crippen LogP contribution in [0.4, 0.5) is 0 Å². The topological polar surface area (TPSA) is 76.7 Å². The van der Waals surface area contributed by atoms with Crippen LogP contribution < -0.4 is 20.1 Å². The summed E-state index contributed by atoms with van der Waals surface area (Å²) in [5, 5.41) is 8.16. The summed E-state index contributed by atoms with van der Waals surface area (Å²) < 4.78 is 11.1. The first-order valence-corrected chi connectivity index (χ1v) is 11.1. The SMILES string of the molecule is O=C(NCCc1cc(Cl)c2c(c1)OCCO2)c1ccc(CNC(=O)c2cccs2)cc1. The van der Waals surface area contributed by atoms with Gasteiger partial charge in [-0.05, 0) is 53.3 Å². The number of thiophene rings is 1. The van der Waals surface area contributed by atoms with Crippen LogP contribution in [-0.4, -0.2) is 31.6 Å². The molecule has 4 rings (SSSR count). The Morgan fingerprint density at radius 1 is 0.968 bits per heavy atom. The van der Waals surface area contributed by atoms with Gasteiger partial charge in [0.25, 0.3) is 11.8 Å². The van der Waals surface area contributed by atoms with Crippen molar-refractivity contribution in [2.24, 2.45) is 0 Å². The molecule has 160 valence electrons. The molecule has 8 heteroatoms. The Balaban J connectivity index is 1.26. The molecule has 1 aliphatic heterocycles. The van der Waals surface area contributed by atoms with E-state index in [9.17, 15) is 9.59 Å². The van der Waals surface area contributed by atoms with Gasteiger partial charge < -0.3 is 20.1 Å². The molecule has 0 radical (unpaired) electrons. The van der Waals surface area contributed by atoms with Crippen molar-refractivity contribution in [1.82, 2.24) is 10.6 Å². The Morgan fingerprint density at radius 2 is 1.77 bits per heavy atom. The van der Waals surface area contributed by atoms with E-state index in [1.54, 1.807) is 18.2 Å². The largest absolute Gasteiger partial charge is 0.486 e. The molecule has 1 aliphatic rings. The van der Waals surface area contributed by atoms with Gasteiger partial charge in [0.1, 0.15) is 13.2 Å². The number of carbonyl (C=O) groups excluding carboxylic acids is 2. The van der Waals surface area contributed by atoms with E-state index in [0.717, 1.165) is 11.1 Å². The fraction of sp³-hybridized carbons (Fsp3) is 0.217. The van der Waals surface area contributed by atoms with E-state index in [4.69, 9.17) is 21.1 Å². The second kappa shape index (κ2) is 9.85. The van der Waals surface area contributed by atoms with E-state index in [2.05, 4.69) is 10.6 Å². The van der Waals surface area contributed by atoms with Gasteiger partial charge in [0, 0.05) is 18.7 Å². The molecule has 0 fully saturated rings. The maximum absolute atomic E-state index is 12.4. The molecular formula is C23H21ClN2O4S. The van der Waals surface area contributed by atoms with Crippen LogP contribution in [0.1, 0.15) is 31.2 Å². The molecule has 0 atom stereocenters. The number of nitrogens with one attached hydrogen (secondary N) is 2. The van der Waals surface area contributed by atoms with Crippen molar-refractivity contribution in [3.63, 3.8) is 0 Å².